The van der Waals surface area contributed by atoms with Crippen molar-refractivity contribution < 1.29 is 9.53 Å². The van der Waals surface area contributed by atoms with Crippen LogP contribution in [0.5, 0.6) is 5.75 Å². The number of rotatable bonds is 5. The molecule has 0 heterocycles. The molecular weight excluding hydrogens is 332 g/mol. The number of nitrogens with one attached hydrogen (secondary N) is 1. The molecule has 2 aromatic rings. The van der Waals surface area contributed by atoms with Gasteiger partial charge in [0.2, 0.25) is 5.91 Å². The van der Waals surface area contributed by atoms with Crippen molar-refractivity contribution in [1.29, 1.82) is 0 Å². The van der Waals surface area contributed by atoms with Crippen molar-refractivity contribution >= 4 is 33.2 Å². The molecule has 0 aliphatic rings. The van der Waals surface area contributed by atoms with Gasteiger partial charge in [0.25, 0.3) is 0 Å². The Morgan fingerprint density at radius 2 is 2.05 bits per heavy atom. The SMILES string of the molecule is Cc1cccc(NC(=O)CCOc2cccc(N)c2)c1Br. The van der Waals surface area contributed by atoms with Crippen LogP contribution in [0.1, 0.15) is 12.0 Å². The van der Waals surface area contributed by atoms with Crippen molar-refractivity contribution in [2.75, 3.05) is 17.7 Å². The Morgan fingerprint density at radius 3 is 2.81 bits per heavy atom. The van der Waals surface area contributed by atoms with Gasteiger partial charge in [0.15, 0.2) is 0 Å². The van der Waals surface area contributed by atoms with Crippen molar-refractivity contribution in [3.8, 4) is 5.75 Å². The molecule has 0 unspecified atom stereocenters. The molecule has 0 aliphatic heterocycles. The zero-order valence-corrected chi connectivity index (χ0v) is 13.3. The zero-order valence-electron chi connectivity index (χ0n) is 11.7. The van der Waals surface area contributed by atoms with Crippen LogP contribution in [0.4, 0.5) is 11.4 Å². The predicted molar refractivity (Wildman–Crippen MR) is 88.5 cm³/mol. The molecule has 0 bridgehead atoms. The molecule has 0 saturated heterocycles. The van der Waals surface area contributed by atoms with Gasteiger partial charge >= 0.3 is 0 Å². The molecule has 0 radical (unpaired) electrons. The van der Waals surface area contributed by atoms with Crippen LogP contribution >= 0.6 is 15.9 Å². The fourth-order valence-corrected chi connectivity index (χ4v) is 2.19. The van der Waals surface area contributed by atoms with Crippen molar-refractivity contribution in [2.24, 2.45) is 0 Å². The number of nitrogens with two attached hydrogens (primary N) is 1. The summed E-state index contributed by atoms with van der Waals surface area (Å²) in [5, 5.41) is 2.86. The molecule has 0 fully saturated rings. The van der Waals surface area contributed by atoms with Crippen LogP contribution in [0, 0.1) is 6.92 Å². The van der Waals surface area contributed by atoms with E-state index in [1.54, 1.807) is 12.1 Å². The minimum absolute atomic E-state index is 0.0924. The first kappa shape index (κ1) is 15.4. The minimum atomic E-state index is -0.0924. The maximum Gasteiger partial charge on any atom is 0.227 e. The summed E-state index contributed by atoms with van der Waals surface area (Å²) >= 11 is 3.46. The topological polar surface area (TPSA) is 64.3 Å². The van der Waals surface area contributed by atoms with Gasteiger partial charge in [-0.25, -0.2) is 0 Å². The predicted octanol–water partition coefficient (Wildman–Crippen LogP) is 3.75. The number of carbonyl (C=O) groups is 1. The number of hydrogen-bond acceptors (Lipinski definition) is 3. The lowest BCUT2D eigenvalue weighted by Gasteiger charge is -2.10. The second kappa shape index (κ2) is 7.13. The minimum Gasteiger partial charge on any atom is -0.493 e. The van der Waals surface area contributed by atoms with Gasteiger partial charge in [-0.05, 0) is 46.6 Å². The first-order valence-corrected chi connectivity index (χ1v) is 7.39. The van der Waals surface area contributed by atoms with E-state index in [9.17, 15) is 4.79 Å². The van der Waals surface area contributed by atoms with Crippen LogP contribution in [0.15, 0.2) is 46.9 Å². The van der Waals surface area contributed by atoms with Crippen molar-refractivity contribution in [1.82, 2.24) is 0 Å². The highest BCUT2D eigenvalue weighted by Crippen LogP contribution is 2.25. The summed E-state index contributed by atoms with van der Waals surface area (Å²) in [5.41, 5.74) is 8.14. The smallest absolute Gasteiger partial charge is 0.227 e. The molecule has 2 rings (SSSR count). The Labute approximate surface area is 132 Å². The molecule has 110 valence electrons. The molecule has 3 N–H and O–H groups in total. The first-order valence-electron chi connectivity index (χ1n) is 6.59. The summed E-state index contributed by atoms with van der Waals surface area (Å²) in [4.78, 5) is 11.9. The second-order valence-corrected chi connectivity index (χ2v) is 5.45. The third-order valence-electron chi connectivity index (χ3n) is 2.92. The molecule has 1 amide bonds. The van der Waals surface area contributed by atoms with E-state index in [1.165, 1.54) is 0 Å². The largest absolute Gasteiger partial charge is 0.493 e. The number of benzene rings is 2. The van der Waals surface area contributed by atoms with Crippen LogP contribution in [-0.2, 0) is 4.79 Å². The molecule has 0 aliphatic carbocycles. The average molecular weight is 349 g/mol. The zero-order chi connectivity index (χ0) is 15.2. The lowest BCUT2D eigenvalue weighted by molar-refractivity contribution is -0.116. The molecule has 0 aromatic heterocycles. The van der Waals surface area contributed by atoms with Gasteiger partial charge in [-0.15, -0.1) is 0 Å². The molecule has 0 spiro atoms. The summed E-state index contributed by atoms with van der Waals surface area (Å²) in [6, 6.07) is 12.9. The molecule has 0 saturated carbocycles. The quantitative estimate of drug-likeness (QED) is 0.808. The number of hydrogen-bond donors (Lipinski definition) is 2. The number of carbonyl (C=O) groups excluding carboxylic acids is 1. The molecule has 5 heteroatoms. The van der Waals surface area contributed by atoms with Crippen LogP contribution in [-0.4, -0.2) is 12.5 Å². The number of halogens is 1. The van der Waals surface area contributed by atoms with E-state index in [0.29, 0.717) is 18.0 Å². The number of ether oxygens (including phenoxy) is 1. The van der Waals surface area contributed by atoms with E-state index in [4.69, 9.17) is 10.5 Å². The maximum atomic E-state index is 11.9. The number of nitrogen functional groups attached to an aromatic ring is 1. The summed E-state index contributed by atoms with van der Waals surface area (Å²) in [7, 11) is 0. The normalized spacial score (nSPS) is 10.2. The maximum absolute atomic E-state index is 11.9. The van der Waals surface area contributed by atoms with E-state index in [-0.39, 0.29) is 12.3 Å². The average Bonchev–Trinajstić information content (AvgIpc) is 2.44. The van der Waals surface area contributed by atoms with E-state index < -0.39 is 0 Å². The van der Waals surface area contributed by atoms with Crippen LogP contribution in [0.2, 0.25) is 0 Å². The van der Waals surface area contributed by atoms with Gasteiger partial charge in [0.05, 0.1) is 18.7 Å². The highest BCUT2D eigenvalue weighted by atomic mass is 79.9. The van der Waals surface area contributed by atoms with Gasteiger partial charge in [-0.3, -0.25) is 4.79 Å². The van der Waals surface area contributed by atoms with E-state index in [2.05, 4.69) is 21.2 Å². The lowest BCUT2D eigenvalue weighted by atomic mass is 10.2. The fourth-order valence-electron chi connectivity index (χ4n) is 1.82. The van der Waals surface area contributed by atoms with Crippen LogP contribution in [0.3, 0.4) is 0 Å². The van der Waals surface area contributed by atoms with E-state index >= 15 is 0 Å². The van der Waals surface area contributed by atoms with Crippen molar-refractivity contribution in [3.63, 3.8) is 0 Å². The Morgan fingerprint density at radius 1 is 1.29 bits per heavy atom. The first-order chi connectivity index (χ1) is 10.1. The van der Waals surface area contributed by atoms with Crippen LogP contribution < -0.4 is 15.8 Å². The Kier molecular flexibility index (Phi) is 5.22. The molecule has 21 heavy (non-hydrogen) atoms. The van der Waals surface area contributed by atoms with Gasteiger partial charge in [0.1, 0.15) is 5.75 Å². The van der Waals surface area contributed by atoms with Gasteiger partial charge in [-0.2, -0.15) is 0 Å². The number of aryl methyl sites for hydroxylation is 1. The fraction of sp³-hybridized carbons (Fsp3) is 0.188. The highest BCUT2D eigenvalue weighted by molar-refractivity contribution is 9.10. The summed E-state index contributed by atoms with van der Waals surface area (Å²) in [6.07, 6.45) is 0.273. The van der Waals surface area contributed by atoms with Crippen molar-refractivity contribution in [3.05, 3.63) is 52.5 Å². The lowest BCUT2D eigenvalue weighted by Crippen LogP contribution is -2.15. The second-order valence-electron chi connectivity index (χ2n) is 4.66. The van der Waals surface area contributed by atoms with E-state index in [1.807, 2.05) is 37.3 Å². The molecular formula is C16H17BrN2O2. The Bertz CT molecular complexity index is 644. The van der Waals surface area contributed by atoms with Crippen LogP contribution in [0.25, 0.3) is 0 Å². The highest BCUT2D eigenvalue weighted by Gasteiger charge is 2.07. The molecule has 0 atom stereocenters. The third kappa shape index (κ3) is 4.49. The number of anilines is 2. The van der Waals surface area contributed by atoms with Gasteiger partial charge in [-0.1, -0.05) is 18.2 Å². The van der Waals surface area contributed by atoms with Gasteiger partial charge in [0, 0.05) is 16.2 Å². The number of amides is 1. The summed E-state index contributed by atoms with van der Waals surface area (Å²) in [6.45, 7) is 2.28. The van der Waals surface area contributed by atoms with E-state index in [0.717, 1.165) is 15.7 Å². The van der Waals surface area contributed by atoms with Gasteiger partial charge < -0.3 is 15.8 Å². The molecule has 2 aromatic carbocycles. The molecule has 4 nitrogen and oxygen atoms in total. The Balaban J connectivity index is 1.84. The monoisotopic (exact) mass is 348 g/mol. The Hall–Kier alpha value is -2.01. The summed E-state index contributed by atoms with van der Waals surface area (Å²) in [5.74, 6) is 0.574. The standard InChI is InChI=1S/C16H17BrN2O2/c1-11-4-2-7-14(16(11)17)19-15(20)8-9-21-13-6-3-5-12(18)10-13/h2-7,10H,8-9,18H2,1H3,(H,19,20). The third-order valence-corrected chi connectivity index (χ3v) is 3.97. The summed E-state index contributed by atoms with van der Waals surface area (Å²) < 4.78 is 6.39. The van der Waals surface area contributed by atoms with Crippen molar-refractivity contribution in [2.45, 2.75) is 13.3 Å².